The summed E-state index contributed by atoms with van der Waals surface area (Å²) in [4.78, 5) is 11.5. The van der Waals surface area contributed by atoms with E-state index >= 15 is 0 Å². The SMILES string of the molecule is CC(C)(C)NS(=O)(=O)c1ccc(NCc2ccccc2)c(C(=O)O)c1. The van der Waals surface area contributed by atoms with E-state index in [2.05, 4.69) is 10.0 Å². The monoisotopic (exact) mass is 362 g/mol. The molecular formula is C18H22N2O4S. The molecule has 0 atom stereocenters. The van der Waals surface area contributed by atoms with E-state index in [0.29, 0.717) is 12.2 Å². The Morgan fingerprint density at radius 1 is 1.08 bits per heavy atom. The van der Waals surface area contributed by atoms with Gasteiger partial charge in [-0.1, -0.05) is 30.3 Å². The van der Waals surface area contributed by atoms with Gasteiger partial charge in [-0.25, -0.2) is 17.9 Å². The van der Waals surface area contributed by atoms with Crippen LogP contribution in [0.5, 0.6) is 0 Å². The van der Waals surface area contributed by atoms with Crippen LogP contribution in [0.25, 0.3) is 0 Å². The topological polar surface area (TPSA) is 95.5 Å². The van der Waals surface area contributed by atoms with Crippen molar-refractivity contribution in [3.05, 3.63) is 59.7 Å². The molecule has 3 N–H and O–H groups in total. The maximum atomic E-state index is 12.4. The molecule has 0 amide bonds. The first-order chi connectivity index (χ1) is 11.6. The summed E-state index contributed by atoms with van der Waals surface area (Å²) >= 11 is 0. The normalized spacial score (nSPS) is 12.0. The van der Waals surface area contributed by atoms with Crippen molar-refractivity contribution < 1.29 is 18.3 Å². The average molecular weight is 362 g/mol. The fourth-order valence-electron chi connectivity index (χ4n) is 2.28. The standard InChI is InChI=1S/C18H22N2O4S/c1-18(2,3)20-25(23,24)14-9-10-16(15(11-14)17(21)22)19-12-13-7-5-4-6-8-13/h4-11,19-20H,12H2,1-3H3,(H,21,22). The molecule has 0 saturated carbocycles. The van der Waals surface area contributed by atoms with Crippen molar-refractivity contribution in [3.63, 3.8) is 0 Å². The van der Waals surface area contributed by atoms with Crippen LogP contribution in [0.3, 0.4) is 0 Å². The predicted octanol–water partition coefficient (Wildman–Crippen LogP) is 3.07. The van der Waals surface area contributed by atoms with Crippen LogP contribution in [0.2, 0.25) is 0 Å². The van der Waals surface area contributed by atoms with Crippen LogP contribution in [0, 0.1) is 0 Å². The van der Waals surface area contributed by atoms with Crippen molar-refractivity contribution in [2.45, 2.75) is 37.8 Å². The van der Waals surface area contributed by atoms with Gasteiger partial charge in [-0.15, -0.1) is 0 Å². The number of carboxylic acids is 1. The van der Waals surface area contributed by atoms with E-state index in [9.17, 15) is 18.3 Å². The average Bonchev–Trinajstić information content (AvgIpc) is 2.51. The molecule has 0 fully saturated rings. The zero-order chi connectivity index (χ0) is 18.7. The molecule has 0 heterocycles. The minimum absolute atomic E-state index is 0.0786. The lowest BCUT2D eigenvalue weighted by Gasteiger charge is -2.21. The summed E-state index contributed by atoms with van der Waals surface area (Å²) in [6, 6.07) is 13.6. The summed E-state index contributed by atoms with van der Waals surface area (Å²) in [5.74, 6) is -1.19. The second-order valence-corrected chi connectivity index (χ2v) is 8.39. The lowest BCUT2D eigenvalue weighted by molar-refractivity contribution is 0.0697. The van der Waals surface area contributed by atoms with Crippen LogP contribution in [-0.4, -0.2) is 25.0 Å². The van der Waals surface area contributed by atoms with Crippen molar-refractivity contribution in [1.29, 1.82) is 0 Å². The fraction of sp³-hybridized carbons (Fsp3) is 0.278. The number of hydrogen-bond donors (Lipinski definition) is 3. The molecule has 0 bridgehead atoms. The molecule has 0 aliphatic heterocycles. The van der Waals surface area contributed by atoms with Gasteiger partial charge in [0.15, 0.2) is 0 Å². The Labute approximate surface area is 147 Å². The minimum atomic E-state index is -3.80. The van der Waals surface area contributed by atoms with Gasteiger partial charge in [-0.3, -0.25) is 0 Å². The molecule has 0 radical (unpaired) electrons. The van der Waals surface area contributed by atoms with Crippen LogP contribution < -0.4 is 10.0 Å². The van der Waals surface area contributed by atoms with Crippen LogP contribution in [0.15, 0.2) is 53.4 Å². The summed E-state index contributed by atoms with van der Waals surface area (Å²) in [6.07, 6.45) is 0. The van der Waals surface area contributed by atoms with Crippen molar-refractivity contribution in [2.75, 3.05) is 5.32 Å². The summed E-state index contributed by atoms with van der Waals surface area (Å²) in [5, 5.41) is 12.5. The van der Waals surface area contributed by atoms with Crippen molar-refractivity contribution in [2.24, 2.45) is 0 Å². The Morgan fingerprint density at radius 3 is 2.28 bits per heavy atom. The molecule has 0 spiro atoms. The zero-order valence-corrected chi connectivity index (χ0v) is 15.2. The highest BCUT2D eigenvalue weighted by molar-refractivity contribution is 7.89. The molecule has 2 aromatic carbocycles. The van der Waals surface area contributed by atoms with E-state index < -0.39 is 21.5 Å². The van der Waals surface area contributed by atoms with E-state index in [1.165, 1.54) is 18.2 Å². The first-order valence-electron chi connectivity index (χ1n) is 7.78. The summed E-state index contributed by atoms with van der Waals surface area (Å²) in [7, 11) is -3.80. The second kappa shape index (κ2) is 7.25. The lowest BCUT2D eigenvalue weighted by Crippen LogP contribution is -2.40. The molecular weight excluding hydrogens is 340 g/mol. The molecule has 0 saturated heterocycles. The summed E-state index contributed by atoms with van der Waals surface area (Å²) < 4.78 is 27.3. The van der Waals surface area contributed by atoms with E-state index in [1.54, 1.807) is 20.8 Å². The quantitative estimate of drug-likeness (QED) is 0.734. The second-order valence-electron chi connectivity index (χ2n) is 6.71. The third kappa shape index (κ3) is 5.30. The minimum Gasteiger partial charge on any atom is -0.478 e. The van der Waals surface area contributed by atoms with Gasteiger partial charge in [-0.05, 0) is 44.5 Å². The first kappa shape index (κ1) is 19.0. The van der Waals surface area contributed by atoms with Gasteiger partial charge >= 0.3 is 5.97 Å². The van der Waals surface area contributed by atoms with Gasteiger partial charge in [0, 0.05) is 17.8 Å². The van der Waals surface area contributed by atoms with E-state index in [4.69, 9.17) is 0 Å². The molecule has 6 nitrogen and oxygen atoms in total. The van der Waals surface area contributed by atoms with E-state index in [0.717, 1.165) is 5.56 Å². The Kier molecular flexibility index (Phi) is 5.49. The Morgan fingerprint density at radius 2 is 1.72 bits per heavy atom. The fourth-order valence-corrected chi connectivity index (χ4v) is 3.72. The Balaban J connectivity index is 2.30. The highest BCUT2D eigenvalue weighted by Gasteiger charge is 2.24. The van der Waals surface area contributed by atoms with Gasteiger partial charge in [-0.2, -0.15) is 0 Å². The molecule has 0 aromatic heterocycles. The van der Waals surface area contributed by atoms with Crippen LogP contribution in [0.1, 0.15) is 36.7 Å². The smallest absolute Gasteiger partial charge is 0.337 e. The number of carboxylic acid groups (broad SMARTS) is 1. The lowest BCUT2D eigenvalue weighted by atomic mass is 10.1. The number of hydrogen-bond acceptors (Lipinski definition) is 4. The van der Waals surface area contributed by atoms with Crippen molar-refractivity contribution in [3.8, 4) is 0 Å². The third-order valence-electron chi connectivity index (χ3n) is 3.30. The Bertz CT molecular complexity index is 856. The van der Waals surface area contributed by atoms with Gasteiger partial charge < -0.3 is 10.4 Å². The van der Waals surface area contributed by atoms with Gasteiger partial charge in [0.2, 0.25) is 10.0 Å². The molecule has 2 aromatic rings. The number of aromatic carboxylic acids is 1. The number of nitrogens with one attached hydrogen (secondary N) is 2. The maximum absolute atomic E-state index is 12.4. The molecule has 0 aliphatic rings. The van der Waals surface area contributed by atoms with Crippen LogP contribution in [-0.2, 0) is 16.6 Å². The molecule has 134 valence electrons. The number of carbonyl (C=O) groups is 1. The zero-order valence-electron chi connectivity index (χ0n) is 14.4. The molecule has 0 aliphatic carbocycles. The summed E-state index contributed by atoms with van der Waals surface area (Å²) in [5.41, 5.74) is 0.607. The van der Waals surface area contributed by atoms with E-state index in [1.807, 2.05) is 30.3 Å². The molecule has 7 heteroatoms. The predicted molar refractivity (Wildman–Crippen MR) is 97.2 cm³/mol. The van der Waals surface area contributed by atoms with Crippen molar-refractivity contribution >= 4 is 21.7 Å². The van der Waals surface area contributed by atoms with Gasteiger partial charge in [0.1, 0.15) is 0 Å². The number of rotatable bonds is 6. The number of benzene rings is 2. The number of anilines is 1. The molecule has 25 heavy (non-hydrogen) atoms. The van der Waals surface area contributed by atoms with Crippen LogP contribution in [0.4, 0.5) is 5.69 Å². The van der Waals surface area contributed by atoms with Crippen LogP contribution >= 0.6 is 0 Å². The Hall–Kier alpha value is -2.38. The number of sulfonamides is 1. The molecule has 0 unspecified atom stereocenters. The maximum Gasteiger partial charge on any atom is 0.337 e. The largest absolute Gasteiger partial charge is 0.478 e. The highest BCUT2D eigenvalue weighted by atomic mass is 32.2. The van der Waals surface area contributed by atoms with E-state index in [-0.39, 0.29) is 10.5 Å². The highest BCUT2D eigenvalue weighted by Crippen LogP contribution is 2.22. The third-order valence-corrected chi connectivity index (χ3v) is 5.05. The molecule has 2 rings (SSSR count). The summed E-state index contributed by atoms with van der Waals surface area (Å²) in [6.45, 7) is 5.60. The van der Waals surface area contributed by atoms with Crippen molar-refractivity contribution in [1.82, 2.24) is 4.72 Å². The van der Waals surface area contributed by atoms with Gasteiger partial charge in [0.05, 0.1) is 10.5 Å². The first-order valence-corrected chi connectivity index (χ1v) is 9.26. The van der Waals surface area contributed by atoms with Gasteiger partial charge in [0.25, 0.3) is 0 Å².